The third-order valence-electron chi connectivity index (χ3n) is 4.32. The number of hydrogen-bond acceptors (Lipinski definition) is 2. The Bertz CT molecular complexity index is 836. The number of carbonyl (C=O) groups is 2. The Kier molecular flexibility index (Phi) is 4.05. The number of fused-ring (bicyclic) bond motifs is 1. The first kappa shape index (κ1) is 16.1. The average Bonchev–Trinajstić information content (AvgIpc) is 2.56. The van der Waals surface area contributed by atoms with Crippen molar-refractivity contribution in [3.63, 3.8) is 0 Å². The number of aryl methyl sites for hydroxylation is 1. The van der Waals surface area contributed by atoms with Gasteiger partial charge in [0, 0.05) is 19.0 Å². The van der Waals surface area contributed by atoms with Crippen LogP contribution in [0.5, 0.6) is 0 Å². The highest BCUT2D eigenvalue weighted by molar-refractivity contribution is 5.98. The van der Waals surface area contributed by atoms with E-state index in [9.17, 15) is 18.4 Å². The zero-order valence-electron chi connectivity index (χ0n) is 13.1. The summed E-state index contributed by atoms with van der Waals surface area (Å²) in [5, 5.41) is 0. The smallest absolute Gasteiger partial charge is 0.257 e. The lowest BCUT2D eigenvalue weighted by molar-refractivity contribution is -0.122. The number of primary amides is 1. The lowest BCUT2D eigenvalue weighted by atomic mass is 9.93. The van der Waals surface area contributed by atoms with Crippen molar-refractivity contribution in [3.8, 4) is 0 Å². The van der Waals surface area contributed by atoms with E-state index in [0.29, 0.717) is 6.07 Å². The molecular formula is C18H16F2N2O2. The summed E-state index contributed by atoms with van der Waals surface area (Å²) in [5.74, 6) is -3.00. The molecule has 3 rings (SSSR count). The van der Waals surface area contributed by atoms with Gasteiger partial charge < -0.3 is 10.6 Å². The van der Waals surface area contributed by atoms with Crippen LogP contribution < -0.4 is 5.73 Å². The molecule has 0 aliphatic carbocycles. The van der Waals surface area contributed by atoms with E-state index in [-0.39, 0.29) is 24.1 Å². The molecule has 1 aliphatic rings. The van der Waals surface area contributed by atoms with E-state index in [1.54, 1.807) is 0 Å². The molecule has 1 heterocycles. The minimum atomic E-state index is -0.954. The molecule has 24 heavy (non-hydrogen) atoms. The van der Waals surface area contributed by atoms with Crippen LogP contribution in [0.25, 0.3) is 0 Å². The third kappa shape index (κ3) is 2.75. The van der Waals surface area contributed by atoms with E-state index in [4.69, 9.17) is 5.73 Å². The number of nitrogens with zero attached hydrogens (tertiary/aromatic N) is 1. The predicted octanol–water partition coefficient (Wildman–Crippen LogP) is 2.33. The Labute approximate surface area is 137 Å². The maximum absolute atomic E-state index is 14.1. The highest BCUT2D eigenvalue weighted by Gasteiger charge is 2.34. The van der Waals surface area contributed by atoms with Gasteiger partial charge in [0.05, 0.1) is 5.56 Å². The third-order valence-corrected chi connectivity index (χ3v) is 4.32. The van der Waals surface area contributed by atoms with Gasteiger partial charge in [-0.2, -0.15) is 0 Å². The fourth-order valence-corrected chi connectivity index (χ4v) is 2.97. The minimum absolute atomic E-state index is 0.151. The van der Waals surface area contributed by atoms with Gasteiger partial charge in [-0.1, -0.05) is 24.3 Å². The van der Waals surface area contributed by atoms with Crippen LogP contribution >= 0.6 is 0 Å². The molecule has 0 bridgehead atoms. The van der Waals surface area contributed by atoms with Crippen LogP contribution in [0.3, 0.4) is 0 Å². The van der Waals surface area contributed by atoms with Gasteiger partial charge in [-0.3, -0.25) is 9.59 Å². The number of benzene rings is 2. The second kappa shape index (κ2) is 6.03. The number of nitrogens with two attached hydrogens (primary N) is 1. The highest BCUT2D eigenvalue weighted by atomic mass is 19.1. The molecule has 0 fully saturated rings. The van der Waals surface area contributed by atoms with Gasteiger partial charge in [0.25, 0.3) is 5.91 Å². The topological polar surface area (TPSA) is 63.4 Å². The minimum Gasteiger partial charge on any atom is -0.368 e. The van der Waals surface area contributed by atoms with Crippen molar-refractivity contribution in [1.82, 2.24) is 4.90 Å². The van der Waals surface area contributed by atoms with Gasteiger partial charge in [-0.05, 0) is 29.7 Å². The van der Waals surface area contributed by atoms with E-state index in [0.717, 1.165) is 17.2 Å². The Balaban J connectivity index is 2.02. The molecule has 0 saturated heterocycles. The van der Waals surface area contributed by atoms with Gasteiger partial charge in [-0.15, -0.1) is 0 Å². The molecule has 0 saturated carbocycles. The first-order valence-corrected chi connectivity index (χ1v) is 7.51. The van der Waals surface area contributed by atoms with Crippen molar-refractivity contribution in [3.05, 3.63) is 70.3 Å². The maximum atomic E-state index is 14.1. The number of halogens is 2. The van der Waals surface area contributed by atoms with Crippen molar-refractivity contribution in [2.24, 2.45) is 5.73 Å². The van der Waals surface area contributed by atoms with Gasteiger partial charge >= 0.3 is 0 Å². The van der Waals surface area contributed by atoms with E-state index >= 15 is 0 Å². The molecule has 1 atom stereocenters. The van der Waals surface area contributed by atoms with Gasteiger partial charge in [0.15, 0.2) is 0 Å². The average molecular weight is 330 g/mol. The lowest BCUT2D eigenvalue weighted by Crippen LogP contribution is -2.51. The number of rotatable bonds is 2. The Morgan fingerprint density at radius 2 is 1.79 bits per heavy atom. The van der Waals surface area contributed by atoms with Crippen LogP contribution in [0.2, 0.25) is 0 Å². The molecule has 6 heteroatoms. The summed E-state index contributed by atoms with van der Waals surface area (Å²) in [4.78, 5) is 25.8. The standard InChI is InChI=1S/C18H16F2N2O2/c1-10-6-13(15(20)8-14(10)19)18(24)22-9-12-5-3-2-4-11(12)7-16(22)17(21)23/h2-6,8,16H,7,9H2,1H3,(H2,21,23). The second-order valence-corrected chi connectivity index (χ2v) is 5.91. The van der Waals surface area contributed by atoms with E-state index < -0.39 is 29.5 Å². The van der Waals surface area contributed by atoms with Gasteiger partial charge in [-0.25, -0.2) is 8.78 Å². The second-order valence-electron chi connectivity index (χ2n) is 5.91. The molecule has 0 radical (unpaired) electrons. The maximum Gasteiger partial charge on any atom is 0.257 e. The number of amides is 2. The van der Waals surface area contributed by atoms with Crippen molar-refractivity contribution in [1.29, 1.82) is 0 Å². The molecule has 2 N–H and O–H groups in total. The molecule has 1 unspecified atom stereocenters. The molecule has 1 aliphatic heterocycles. The van der Waals surface area contributed by atoms with Crippen molar-refractivity contribution >= 4 is 11.8 Å². The van der Waals surface area contributed by atoms with Crippen LogP contribution in [0, 0.1) is 18.6 Å². The molecule has 2 aromatic carbocycles. The molecule has 2 aromatic rings. The van der Waals surface area contributed by atoms with Gasteiger partial charge in [0.1, 0.15) is 17.7 Å². The first-order chi connectivity index (χ1) is 11.4. The van der Waals surface area contributed by atoms with Crippen LogP contribution in [-0.4, -0.2) is 22.8 Å². The zero-order valence-corrected chi connectivity index (χ0v) is 13.1. The molecule has 124 valence electrons. The first-order valence-electron chi connectivity index (χ1n) is 7.51. The Morgan fingerprint density at radius 3 is 2.46 bits per heavy atom. The molecule has 0 spiro atoms. The molecule has 0 aromatic heterocycles. The van der Waals surface area contributed by atoms with E-state index in [1.165, 1.54) is 11.8 Å². The highest BCUT2D eigenvalue weighted by Crippen LogP contribution is 2.26. The van der Waals surface area contributed by atoms with Crippen LogP contribution in [0.4, 0.5) is 8.78 Å². The summed E-state index contributed by atoms with van der Waals surface area (Å²) < 4.78 is 27.5. The summed E-state index contributed by atoms with van der Waals surface area (Å²) in [6, 6.07) is 8.36. The largest absolute Gasteiger partial charge is 0.368 e. The fraction of sp³-hybridized carbons (Fsp3) is 0.222. The van der Waals surface area contributed by atoms with Crippen molar-refractivity contribution in [2.45, 2.75) is 25.9 Å². The summed E-state index contributed by atoms with van der Waals surface area (Å²) in [5.41, 5.74) is 7.14. The van der Waals surface area contributed by atoms with Crippen LogP contribution in [-0.2, 0) is 17.8 Å². The van der Waals surface area contributed by atoms with Crippen molar-refractivity contribution in [2.75, 3.05) is 0 Å². The summed E-state index contributed by atoms with van der Waals surface area (Å²) in [6.45, 7) is 1.60. The van der Waals surface area contributed by atoms with Crippen LogP contribution in [0.15, 0.2) is 36.4 Å². The number of carbonyl (C=O) groups excluding carboxylic acids is 2. The van der Waals surface area contributed by atoms with E-state index in [1.807, 2.05) is 24.3 Å². The molecule has 4 nitrogen and oxygen atoms in total. The predicted molar refractivity (Wildman–Crippen MR) is 84.1 cm³/mol. The fourth-order valence-electron chi connectivity index (χ4n) is 2.97. The Hall–Kier alpha value is -2.76. The quantitative estimate of drug-likeness (QED) is 0.918. The SMILES string of the molecule is Cc1cc(C(=O)N2Cc3ccccc3CC2C(N)=O)c(F)cc1F. The Morgan fingerprint density at radius 1 is 1.12 bits per heavy atom. The number of hydrogen-bond donors (Lipinski definition) is 1. The zero-order chi connectivity index (χ0) is 17.4. The summed E-state index contributed by atoms with van der Waals surface area (Å²) >= 11 is 0. The van der Waals surface area contributed by atoms with Crippen LogP contribution in [0.1, 0.15) is 27.0 Å². The van der Waals surface area contributed by atoms with Crippen molar-refractivity contribution < 1.29 is 18.4 Å². The van der Waals surface area contributed by atoms with E-state index in [2.05, 4.69) is 0 Å². The molecule has 2 amide bonds. The van der Waals surface area contributed by atoms with Gasteiger partial charge in [0.2, 0.25) is 5.91 Å². The lowest BCUT2D eigenvalue weighted by Gasteiger charge is -2.35. The monoisotopic (exact) mass is 330 g/mol. The normalized spacial score (nSPS) is 16.6. The summed E-state index contributed by atoms with van der Waals surface area (Å²) in [7, 11) is 0. The summed E-state index contributed by atoms with van der Waals surface area (Å²) in [6.07, 6.45) is 0.277. The molecular weight excluding hydrogens is 314 g/mol.